The first kappa shape index (κ1) is 6.10. The maximum absolute atomic E-state index is 10.6. The topological polar surface area (TPSA) is 66.6 Å². The van der Waals surface area contributed by atoms with Crippen molar-refractivity contribution in [3.05, 3.63) is 12.5 Å². The van der Waals surface area contributed by atoms with Crippen molar-refractivity contribution in [3.8, 4) is 0 Å². The van der Waals surface area contributed by atoms with E-state index in [1.807, 2.05) is 0 Å². The summed E-state index contributed by atoms with van der Waals surface area (Å²) in [4.78, 5) is 11.9. The molecule has 0 aromatic carbocycles. The Morgan fingerprint density at radius 2 is 2.56 bits per heavy atom. The Balaban J connectivity index is 2.42. The van der Waals surface area contributed by atoms with Crippen LogP contribution >= 0.6 is 0 Å². The van der Waals surface area contributed by atoms with Crippen LogP contribution in [0.4, 0.5) is 0 Å². The molecular formula is C5H8N2O2. The van der Waals surface area contributed by atoms with Crippen molar-refractivity contribution >= 4 is 5.91 Å². The molecule has 1 saturated heterocycles. The second-order valence-electron chi connectivity index (χ2n) is 1.90. The summed E-state index contributed by atoms with van der Waals surface area (Å²) in [6.45, 7) is 0.510. The van der Waals surface area contributed by atoms with Crippen molar-refractivity contribution in [3.63, 3.8) is 0 Å². The first-order valence-electron chi connectivity index (χ1n) is 2.62. The largest absolute Gasteiger partial charge is 0.514 e. The maximum atomic E-state index is 10.6. The van der Waals surface area contributed by atoms with Crippen LogP contribution < -0.4 is 5.73 Å². The monoisotopic (exact) mass is 128 g/mol. The zero-order valence-corrected chi connectivity index (χ0v) is 4.82. The Morgan fingerprint density at radius 3 is 2.89 bits per heavy atom. The lowest BCUT2D eigenvalue weighted by Gasteiger charge is -2.32. The first-order chi connectivity index (χ1) is 4.25. The number of rotatable bonds is 1. The van der Waals surface area contributed by atoms with Gasteiger partial charge in [-0.3, -0.25) is 4.79 Å². The number of carbonyl (C=O) groups excluding carboxylic acids is 1. The molecule has 0 aromatic heterocycles. The number of amides is 1. The summed E-state index contributed by atoms with van der Waals surface area (Å²) >= 11 is 0. The minimum Gasteiger partial charge on any atom is -0.514 e. The lowest BCUT2D eigenvalue weighted by molar-refractivity contribution is -0.138. The van der Waals surface area contributed by atoms with Gasteiger partial charge < -0.3 is 15.7 Å². The highest BCUT2D eigenvalue weighted by atomic mass is 16.2. The van der Waals surface area contributed by atoms with E-state index in [-0.39, 0.29) is 11.9 Å². The number of carbonyl (C=O) groups is 1. The zero-order valence-electron chi connectivity index (χ0n) is 4.82. The minimum absolute atomic E-state index is 0.139. The van der Waals surface area contributed by atoms with Crippen LogP contribution in [0.5, 0.6) is 0 Å². The number of nitrogens with zero attached hydrogens (tertiary/aromatic N) is 1. The highest BCUT2D eigenvalue weighted by molar-refractivity contribution is 5.88. The summed E-state index contributed by atoms with van der Waals surface area (Å²) < 4.78 is 0. The van der Waals surface area contributed by atoms with E-state index in [0.29, 0.717) is 6.54 Å². The predicted molar refractivity (Wildman–Crippen MR) is 31.5 cm³/mol. The average Bonchev–Trinajstić information content (AvgIpc) is 1.88. The van der Waals surface area contributed by atoms with Crippen molar-refractivity contribution in [2.45, 2.75) is 6.04 Å². The lowest BCUT2D eigenvalue weighted by atomic mass is 10.1. The third kappa shape index (κ3) is 0.882. The van der Waals surface area contributed by atoms with Crippen molar-refractivity contribution in [2.24, 2.45) is 5.73 Å². The van der Waals surface area contributed by atoms with E-state index >= 15 is 0 Å². The van der Waals surface area contributed by atoms with E-state index in [4.69, 9.17) is 10.8 Å². The van der Waals surface area contributed by atoms with Gasteiger partial charge in [-0.1, -0.05) is 0 Å². The molecule has 0 radical (unpaired) electrons. The van der Waals surface area contributed by atoms with Gasteiger partial charge in [-0.15, -0.1) is 0 Å². The van der Waals surface area contributed by atoms with Gasteiger partial charge >= 0.3 is 0 Å². The molecule has 0 bridgehead atoms. The summed E-state index contributed by atoms with van der Waals surface area (Å²) in [5, 5.41) is 8.19. The van der Waals surface area contributed by atoms with Crippen LogP contribution in [0, 0.1) is 0 Å². The smallest absolute Gasteiger partial charge is 0.245 e. The summed E-state index contributed by atoms with van der Waals surface area (Å²) in [5.41, 5.74) is 5.24. The molecule has 0 aromatic rings. The molecule has 9 heavy (non-hydrogen) atoms. The van der Waals surface area contributed by atoms with Crippen molar-refractivity contribution in [1.29, 1.82) is 0 Å². The molecule has 0 spiro atoms. The number of hydrogen-bond donors (Lipinski definition) is 2. The molecule has 1 fully saturated rings. The molecule has 0 aliphatic carbocycles. The fourth-order valence-electron chi connectivity index (χ4n) is 0.695. The molecule has 1 atom stereocenters. The van der Waals surface area contributed by atoms with Crippen molar-refractivity contribution < 1.29 is 9.90 Å². The Labute approximate surface area is 52.6 Å². The Morgan fingerprint density at radius 1 is 1.89 bits per heavy atom. The molecule has 1 rings (SSSR count). The normalized spacial score (nSPS) is 27.0. The van der Waals surface area contributed by atoms with Crippen LogP contribution in [-0.2, 0) is 4.79 Å². The predicted octanol–water partition coefficient (Wildman–Crippen LogP) is -0.815. The number of likely N-dealkylation sites (tertiary alicyclic amines) is 1. The zero-order chi connectivity index (χ0) is 6.85. The Bertz CT molecular complexity index is 155. The van der Waals surface area contributed by atoms with E-state index in [0.717, 1.165) is 6.26 Å². The SMILES string of the molecule is NC1CN(/C=C/O)C1=O. The minimum atomic E-state index is -0.360. The number of β-lactam (4-membered cyclic amide) rings is 1. The molecule has 0 saturated carbocycles. The van der Waals surface area contributed by atoms with Gasteiger partial charge in [0.1, 0.15) is 6.04 Å². The van der Waals surface area contributed by atoms with Gasteiger partial charge in [-0.05, 0) is 0 Å². The molecule has 50 valence electrons. The molecule has 4 nitrogen and oxygen atoms in total. The standard InChI is InChI=1S/C5H8N2O2/c6-4-3-7(1-2-8)5(4)9/h1-2,4,8H,3,6H2/b2-1+. The third-order valence-corrected chi connectivity index (χ3v) is 1.24. The van der Waals surface area contributed by atoms with Crippen LogP contribution in [0.25, 0.3) is 0 Å². The highest BCUT2D eigenvalue weighted by Gasteiger charge is 2.31. The van der Waals surface area contributed by atoms with Crippen molar-refractivity contribution in [2.75, 3.05) is 6.54 Å². The Kier molecular flexibility index (Phi) is 1.40. The summed E-state index contributed by atoms with van der Waals surface area (Å²) in [5.74, 6) is -0.139. The summed E-state index contributed by atoms with van der Waals surface area (Å²) in [6.07, 6.45) is 2.12. The quantitative estimate of drug-likeness (QED) is 0.358. The maximum Gasteiger partial charge on any atom is 0.245 e. The van der Waals surface area contributed by atoms with Gasteiger partial charge in [-0.2, -0.15) is 0 Å². The fourth-order valence-corrected chi connectivity index (χ4v) is 0.695. The number of hydrogen-bond acceptors (Lipinski definition) is 3. The van der Waals surface area contributed by atoms with Crippen LogP contribution in [0.2, 0.25) is 0 Å². The van der Waals surface area contributed by atoms with Gasteiger partial charge in [0, 0.05) is 12.7 Å². The number of aliphatic hydroxyl groups excluding tert-OH is 1. The fraction of sp³-hybridized carbons (Fsp3) is 0.400. The summed E-state index contributed by atoms with van der Waals surface area (Å²) in [7, 11) is 0. The van der Waals surface area contributed by atoms with E-state index in [1.165, 1.54) is 11.1 Å². The van der Waals surface area contributed by atoms with Crippen LogP contribution in [-0.4, -0.2) is 28.5 Å². The lowest BCUT2D eigenvalue weighted by Crippen LogP contribution is -2.58. The van der Waals surface area contributed by atoms with Gasteiger partial charge in [0.05, 0.1) is 6.26 Å². The van der Waals surface area contributed by atoms with Gasteiger partial charge in [0.25, 0.3) is 0 Å². The molecule has 1 aliphatic rings. The van der Waals surface area contributed by atoms with Gasteiger partial charge in [0.15, 0.2) is 0 Å². The number of nitrogens with two attached hydrogens (primary N) is 1. The third-order valence-electron chi connectivity index (χ3n) is 1.24. The molecule has 4 heteroatoms. The first-order valence-corrected chi connectivity index (χ1v) is 2.62. The summed E-state index contributed by atoms with van der Waals surface area (Å²) in [6, 6.07) is -0.360. The highest BCUT2D eigenvalue weighted by Crippen LogP contribution is 2.06. The Hall–Kier alpha value is -1.03. The van der Waals surface area contributed by atoms with Crippen LogP contribution in [0.15, 0.2) is 12.5 Å². The van der Waals surface area contributed by atoms with Gasteiger partial charge in [-0.25, -0.2) is 0 Å². The molecule has 1 heterocycles. The van der Waals surface area contributed by atoms with Crippen LogP contribution in [0.1, 0.15) is 0 Å². The molecule has 1 unspecified atom stereocenters. The molecule has 1 aliphatic heterocycles. The molecular weight excluding hydrogens is 120 g/mol. The van der Waals surface area contributed by atoms with E-state index in [1.54, 1.807) is 0 Å². The van der Waals surface area contributed by atoms with Crippen LogP contribution in [0.3, 0.4) is 0 Å². The molecule has 3 N–H and O–H groups in total. The molecule has 1 amide bonds. The van der Waals surface area contributed by atoms with Gasteiger partial charge in [0.2, 0.25) is 5.91 Å². The van der Waals surface area contributed by atoms with E-state index in [2.05, 4.69) is 0 Å². The van der Waals surface area contributed by atoms with E-state index < -0.39 is 0 Å². The number of aliphatic hydroxyl groups is 1. The average molecular weight is 128 g/mol. The second kappa shape index (κ2) is 2.06. The van der Waals surface area contributed by atoms with E-state index in [9.17, 15) is 4.79 Å². The second-order valence-corrected chi connectivity index (χ2v) is 1.90. The van der Waals surface area contributed by atoms with Crippen molar-refractivity contribution in [1.82, 2.24) is 4.90 Å².